The Morgan fingerprint density at radius 1 is 1.06 bits per heavy atom. The Balaban J connectivity index is 1.47. The van der Waals surface area contributed by atoms with Crippen molar-refractivity contribution in [3.8, 4) is 22.4 Å². The Kier molecular flexibility index (Phi) is 8.35. The van der Waals surface area contributed by atoms with Crippen molar-refractivity contribution in [2.24, 2.45) is 0 Å². The van der Waals surface area contributed by atoms with Gasteiger partial charge in [0.2, 0.25) is 5.91 Å². The molecule has 2 heterocycles. The van der Waals surface area contributed by atoms with Crippen molar-refractivity contribution in [2.45, 2.75) is 19.4 Å². The van der Waals surface area contributed by atoms with E-state index < -0.39 is 6.04 Å². The molecule has 7 nitrogen and oxygen atoms in total. The first-order valence-corrected chi connectivity index (χ1v) is 13.7. The fourth-order valence-corrected chi connectivity index (χ4v) is 4.81. The second-order valence-electron chi connectivity index (χ2n) is 8.22. The number of carbonyl (C=O) groups excluding carboxylic acids is 2. The van der Waals surface area contributed by atoms with Gasteiger partial charge >= 0.3 is 0 Å². The van der Waals surface area contributed by atoms with Crippen LogP contribution < -0.4 is 16.4 Å². The van der Waals surface area contributed by atoms with Crippen molar-refractivity contribution in [3.63, 3.8) is 0 Å². The number of benzene rings is 2. The van der Waals surface area contributed by atoms with Gasteiger partial charge < -0.3 is 16.4 Å². The number of rotatable bonds is 9. The number of thioether (sulfide) groups is 1. The number of aryl methyl sites for hydroxylation is 1. The highest BCUT2D eigenvalue weighted by Crippen LogP contribution is 2.29. The Hall–Kier alpha value is -3.69. The molecular formula is C27H27N5O2S2. The number of nitrogens with one attached hydrogen (secondary N) is 2. The summed E-state index contributed by atoms with van der Waals surface area (Å²) in [5.74, 6) is 0.110. The van der Waals surface area contributed by atoms with E-state index in [1.807, 2.05) is 48.9 Å². The molecule has 0 saturated carbocycles. The summed E-state index contributed by atoms with van der Waals surface area (Å²) in [7, 11) is 0. The maximum Gasteiger partial charge on any atom is 0.251 e. The van der Waals surface area contributed by atoms with Crippen molar-refractivity contribution in [1.82, 2.24) is 15.3 Å². The molecule has 0 aliphatic rings. The largest absolute Gasteiger partial charge is 0.399 e. The standard InChI is InChI=1S/C27H27N5O2S2/c1-17-14-20(10-12-29-17)19-4-3-5-21(15-19)24-16-36-27(31-24)32-26(34)23(11-13-35-2)30-25(33)18-6-8-22(28)9-7-18/h3-10,12,14-16,23H,11,13,28H2,1-2H3,(H,30,33)(H,31,32,34)/t23-/m0/s1. The zero-order valence-corrected chi connectivity index (χ0v) is 21.7. The first-order valence-electron chi connectivity index (χ1n) is 11.4. The van der Waals surface area contributed by atoms with Crippen LogP contribution in [-0.2, 0) is 4.79 Å². The van der Waals surface area contributed by atoms with Crippen LogP contribution in [-0.4, -0.2) is 39.8 Å². The van der Waals surface area contributed by atoms with Gasteiger partial charge in [0.25, 0.3) is 5.91 Å². The number of pyridine rings is 1. The van der Waals surface area contributed by atoms with Crippen LogP contribution in [0, 0.1) is 6.92 Å². The smallest absolute Gasteiger partial charge is 0.251 e. The van der Waals surface area contributed by atoms with Crippen LogP contribution in [0.3, 0.4) is 0 Å². The second kappa shape index (κ2) is 11.8. The lowest BCUT2D eigenvalue weighted by Crippen LogP contribution is -2.44. The third-order valence-corrected chi connectivity index (χ3v) is 6.93. The number of carbonyl (C=O) groups is 2. The molecule has 9 heteroatoms. The number of hydrogen-bond donors (Lipinski definition) is 3. The van der Waals surface area contributed by atoms with E-state index >= 15 is 0 Å². The first kappa shape index (κ1) is 25.4. The monoisotopic (exact) mass is 517 g/mol. The van der Waals surface area contributed by atoms with Crippen LogP contribution in [0.25, 0.3) is 22.4 Å². The molecule has 4 aromatic rings. The second-order valence-corrected chi connectivity index (χ2v) is 10.1. The molecule has 36 heavy (non-hydrogen) atoms. The van der Waals surface area contributed by atoms with Gasteiger partial charge in [0.1, 0.15) is 6.04 Å². The van der Waals surface area contributed by atoms with Crippen LogP contribution in [0.1, 0.15) is 22.5 Å². The van der Waals surface area contributed by atoms with Crippen LogP contribution in [0.4, 0.5) is 10.8 Å². The molecular weight excluding hydrogens is 490 g/mol. The average Bonchev–Trinajstić information content (AvgIpc) is 3.35. The number of nitrogen functional groups attached to an aromatic ring is 1. The predicted octanol–water partition coefficient (Wildman–Crippen LogP) is 5.25. The Morgan fingerprint density at radius 3 is 2.56 bits per heavy atom. The summed E-state index contributed by atoms with van der Waals surface area (Å²) in [4.78, 5) is 34.6. The minimum atomic E-state index is -0.687. The van der Waals surface area contributed by atoms with Gasteiger partial charge in [-0.15, -0.1) is 11.3 Å². The van der Waals surface area contributed by atoms with Crippen LogP contribution >= 0.6 is 23.1 Å². The van der Waals surface area contributed by atoms with E-state index in [2.05, 4.69) is 26.7 Å². The first-order chi connectivity index (χ1) is 17.4. The Morgan fingerprint density at radius 2 is 1.81 bits per heavy atom. The van der Waals surface area contributed by atoms with Gasteiger partial charge in [0, 0.05) is 34.1 Å². The van der Waals surface area contributed by atoms with E-state index in [0.717, 1.165) is 33.8 Å². The third kappa shape index (κ3) is 6.50. The molecule has 0 fully saturated rings. The quantitative estimate of drug-likeness (QED) is 0.262. The van der Waals surface area contributed by atoms with Crippen molar-refractivity contribution < 1.29 is 9.59 Å². The van der Waals surface area contributed by atoms with E-state index in [1.54, 1.807) is 42.2 Å². The topological polar surface area (TPSA) is 110 Å². The van der Waals surface area contributed by atoms with Crippen LogP contribution in [0.2, 0.25) is 0 Å². The molecule has 2 aromatic carbocycles. The molecule has 0 aliphatic carbocycles. The van der Waals surface area contributed by atoms with Gasteiger partial charge in [0.05, 0.1) is 5.69 Å². The molecule has 2 aromatic heterocycles. The number of nitrogens with two attached hydrogens (primary N) is 1. The molecule has 0 spiro atoms. The van der Waals surface area contributed by atoms with Gasteiger partial charge in [-0.1, -0.05) is 18.2 Å². The van der Waals surface area contributed by atoms with Crippen molar-refractivity contribution in [2.75, 3.05) is 23.1 Å². The van der Waals surface area contributed by atoms with E-state index in [0.29, 0.717) is 22.8 Å². The lowest BCUT2D eigenvalue weighted by molar-refractivity contribution is -0.118. The zero-order chi connectivity index (χ0) is 25.5. The molecule has 0 radical (unpaired) electrons. The number of anilines is 2. The minimum Gasteiger partial charge on any atom is -0.399 e. The number of aromatic nitrogens is 2. The molecule has 4 rings (SSSR count). The van der Waals surface area contributed by atoms with Gasteiger partial charge in [-0.25, -0.2) is 4.98 Å². The molecule has 0 bridgehead atoms. The summed E-state index contributed by atoms with van der Waals surface area (Å²) in [6, 6.07) is 18.0. The fraction of sp³-hybridized carbons (Fsp3) is 0.185. The molecule has 184 valence electrons. The van der Waals surface area contributed by atoms with Crippen LogP contribution in [0.5, 0.6) is 0 Å². The Labute approximate surface area is 218 Å². The summed E-state index contributed by atoms with van der Waals surface area (Å²) in [5.41, 5.74) is 11.6. The van der Waals surface area contributed by atoms with Gasteiger partial charge in [0.15, 0.2) is 5.13 Å². The maximum absolute atomic E-state index is 13.1. The number of thiazole rings is 1. The summed E-state index contributed by atoms with van der Waals surface area (Å²) in [6.07, 6.45) is 4.26. The normalized spacial score (nSPS) is 11.6. The molecule has 0 saturated heterocycles. The van der Waals surface area contributed by atoms with Crippen molar-refractivity contribution >= 4 is 45.7 Å². The Bertz CT molecular complexity index is 1350. The van der Waals surface area contributed by atoms with E-state index in [4.69, 9.17) is 5.73 Å². The molecule has 1 atom stereocenters. The fourth-order valence-electron chi connectivity index (χ4n) is 3.62. The molecule has 0 aliphatic heterocycles. The number of amides is 2. The highest BCUT2D eigenvalue weighted by molar-refractivity contribution is 7.98. The zero-order valence-electron chi connectivity index (χ0n) is 20.0. The van der Waals surface area contributed by atoms with E-state index in [9.17, 15) is 9.59 Å². The third-order valence-electron chi connectivity index (χ3n) is 5.53. The van der Waals surface area contributed by atoms with E-state index in [1.165, 1.54) is 11.3 Å². The number of hydrogen-bond acceptors (Lipinski definition) is 7. The SMILES string of the molecule is CSCC[C@H](NC(=O)c1ccc(N)cc1)C(=O)Nc1nc(-c2cccc(-c3ccnc(C)c3)c2)cs1. The van der Waals surface area contributed by atoms with Gasteiger partial charge in [-0.2, -0.15) is 11.8 Å². The van der Waals surface area contributed by atoms with Crippen molar-refractivity contribution in [3.05, 3.63) is 83.5 Å². The summed E-state index contributed by atoms with van der Waals surface area (Å²) in [6.45, 7) is 1.97. The molecule has 2 amide bonds. The van der Waals surface area contributed by atoms with Gasteiger partial charge in [-0.3, -0.25) is 14.6 Å². The molecule has 0 unspecified atom stereocenters. The van der Waals surface area contributed by atoms with Crippen molar-refractivity contribution in [1.29, 1.82) is 0 Å². The van der Waals surface area contributed by atoms with Crippen LogP contribution in [0.15, 0.2) is 72.2 Å². The lowest BCUT2D eigenvalue weighted by Gasteiger charge is -2.17. The lowest BCUT2D eigenvalue weighted by atomic mass is 10.0. The summed E-state index contributed by atoms with van der Waals surface area (Å²) >= 11 is 2.97. The molecule has 4 N–H and O–H groups in total. The highest BCUT2D eigenvalue weighted by Gasteiger charge is 2.22. The van der Waals surface area contributed by atoms with E-state index in [-0.39, 0.29) is 11.8 Å². The number of nitrogens with zero attached hydrogens (tertiary/aromatic N) is 2. The minimum absolute atomic E-state index is 0.297. The summed E-state index contributed by atoms with van der Waals surface area (Å²) in [5, 5.41) is 8.12. The average molecular weight is 518 g/mol. The predicted molar refractivity (Wildman–Crippen MR) is 149 cm³/mol. The maximum atomic E-state index is 13.1. The van der Waals surface area contributed by atoms with Gasteiger partial charge in [-0.05, 0) is 78.9 Å². The summed E-state index contributed by atoms with van der Waals surface area (Å²) < 4.78 is 0. The highest BCUT2D eigenvalue weighted by atomic mass is 32.2.